The molecule has 0 fully saturated rings. The summed E-state index contributed by atoms with van der Waals surface area (Å²) in [6.07, 6.45) is 1.26. The predicted molar refractivity (Wildman–Crippen MR) is 115 cm³/mol. The fourth-order valence-electron chi connectivity index (χ4n) is 2.85. The smallest absolute Gasteiger partial charge is 0.347 e. The van der Waals surface area contributed by atoms with Crippen molar-refractivity contribution in [2.75, 3.05) is 0 Å². The summed E-state index contributed by atoms with van der Waals surface area (Å²) < 4.78 is 11.4. The molecule has 0 spiro atoms. The first-order valence-corrected chi connectivity index (χ1v) is 10.2. The summed E-state index contributed by atoms with van der Waals surface area (Å²) in [4.78, 5) is 23.6. The van der Waals surface area contributed by atoms with Crippen LogP contribution >= 0.6 is 23.2 Å². The van der Waals surface area contributed by atoms with Crippen LogP contribution in [-0.2, 0) is 9.59 Å². The molecular weight excluding hydrogens is 431 g/mol. The maximum absolute atomic E-state index is 11.8. The van der Waals surface area contributed by atoms with Gasteiger partial charge in [0, 0.05) is 10.0 Å². The average Bonchev–Trinajstić information content (AvgIpc) is 2.69. The molecule has 0 aliphatic heterocycles. The minimum atomic E-state index is -1.45. The average molecular weight is 455 g/mol. The van der Waals surface area contributed by atoms with Gasteiger partial charge in [0.2, 0.25) is 11.2 Å². The Morgan fingerprint density at radius 3 is 1.30 bits per heavy atom. The molecule has 162 valence electrons. The number of halogens is 2. The Morgan fingerprint density at radius 1 is 0.733 bits per heavy atom. The van der Waals surface area contributed by atoms with E-state index in [1.165, 1.54) is 13.8 Å². The molecule has 2 unspecified atom stereocenters. The number of ether oxygens (including phenoxy) is 2. The lowest BCUT2D eigenvalue weighted by Gasteiger charge is -2.28. The van der Waals surface area contributed by atoms with Gasteiger partial charge in [-0.3, -0.25) is 0 Å². The topological polar surface area (TPSA) is 93.1 Å². The van der Waals surface area contributed by atoms with Crippen LogP contribution in [0.3, 0.4) is 0 Å². The van der Waals surface area contributed by atoms with Crippen LogP contribution in [0.4, 0.5) is 0 Å². The first-order chi connectivity index (χ1) is 14.0. The fourth-order valence-corrected chi connectivity index (χ4v) is 3.11. The van der Waals surface area contributed by atoms with Gasteiger partial charge in [-0.1, -0.05) is 23.2 Å². The predicted octanol–water partition coefficient (Wildman–Crippen LogP) is 5.70. The highest BCUT2D eigenvalue weighted by Crippen LogP contribution is 2.28. The summed E-state index contributed by atoms with van der Waals surface area (Å²) in [6, 6.07) is 12.9. The molecular formula is C22H24Cl2O6. The zero-order chi connectivity index (χ0) is 22.4. The van der Waals surface area contributed by atoms with Crippen LogP contribution in [-0.4, -0.2) is 33.4 Å². The summed E-state index contributed by atoms with van der Waals surface area (Å²) in [5.74, 6) is -1.41. The molecule has 8 heteroatoms. The van der Waals surface area contributed by atoms with Crippen molar-refractivity contribution in [2.24, 2.45) is 0 Å². The number of carboxylic acids is 2. The largest absolute Gasteiger partial charge is 0.478 e. The van der Waals surface area contributed by atoms with Gasteiger partial charge in [-0.05, 0) is 88.1 Å². The number of rotatable bonds is 11. The van der Waals surface area contributed by atoms with Gasteiger partial charge in [0.25, 0.3) is 0 Å². The molecule has 2 rings (SSSR count). The van der Waals surface area contributed by atoms with E-state index in [2.05, 4.69) is 0 Å². The molecule has 0 heterocycles. The van der Waals surface area contributed by atoms with Crippen LogP contribution in [0.2, 0.25) is 10.0 Å². The second-order valence-corrected chi connectivity index (χ2v) is 8.26. The molecule has 6 nitrogen and oxygen atoms in total. The fraction of sp³-hybridized carbons (Fsp3) is 0.364. The van der Waals surface area contributed by atoms with Gasteiger partial charge in [0.1, 0.15) is 11.5 Å². The molecule has 0 aromatic heterocycles. The number of aliphatic carboxylic acids is 2. The number of unbranched alkanes of at least 4 members (excludes halogenated alkanes) is 1. The highest BCUT2D eigenvalue weighted by Gasteiger charge is 2.38. The molecule has 2 N–H and O–H groups in total. The van der Waals surface area contributed by atoms with Crippen LogP contribution in [0.5, 0.6) is 11.5 Å². The van der Waals surface area contributed by atoms with Gasteiger partial charge >= 0.3 is 11.9 Å². The molecule has 0 aliphatic rings. The van der Waals surface area contributed by atoms with Crippen molar-refractivity contribution in [1.82, 2.24) is 0 Å². The number of hydrogen-bond acceptors (Lipinski definition) is 4. The molecule has 0 radical (unpaired) electrons. The van der Waals surface area contributed by atoms with Crippen molar-refractivity contribution in [3.63, 3.8) is 0 Å². The van der Waals surface area contributed by atoms with E-state index in [9.17, 15) is 19.8 Å². The molecule has 2 atom stereocenters. The van der Waals surface area contributed by atoms with Gasteiger partial charge in [-0.15, -0.1) is 0 Å². The minimum absolute atomic E-state index is 0.196. The maximum Gasteiger partial charge on any atom is 0.347 e. The third kappa shape index (κ3) is 6.54. The summed E-state index contributed by atoms with van der Waals surface area (Å²) in [5.41, 5.74) is -2.91. The molecule has 0 aliphatic carbocycles. The molecule has 30 heavy (non-hydrogen) atoms. The summed E-state index contributed by atoms with van der Waals surface area (Å²) >= 11 is 11.7. The molecule has 0 saturated carbocycles. The summed E-state index contributed by atoms with van der Waals surface area (Å²) in [5, 5.41) is 20.3. The van der Waals surface area contributed by atoms with Crippen LogP contribution < -0.4 is 9.47 Å². The Kier molecular flexibility index (Phi) is 7.98. The van der Waals surface area contributed by atoms with Crippen molar-refractivity contribution >= 4 is 35.1 Å². The number of benzene rings is 2. The SMILES string of the molecule is CC(CCCCC(C)(Oc1ccc(Cl)cc1)C(=O)O)(Oc1ccc(Cl)cc1)C(=O)O. The Hall–Kier alpha value is -2.44. The highest BCUT2D eigenvalue weighted by molar-refractivity contribution is 6.30. The van der Waals surface area contributed by atoms with Crippen LogP contribution in [0.15, 0.2) is 48.5 Å². The first kappa shape index (κ1) is 23.8. The summed E-state index contributed by atoms with van der Waals surface area (Å²) in [6.45, 7) is 2.98. The number of carboxylic acid groups (broad SMARTS) is 2. The molecule has 0 bridgehead atoms. The van der Waals surface area contributed by atoms with E-state index in [1.807, 2.05) is 0 Å². The Morgan fingerprint density at radius 2 is 1.03 bits per heavy atom. The third-order valence-electron chi connectivity index (χ3n) is 4.78. The number of hydrogen-bond donors (Lipinski definition) is 2. The second kappa shape index (κ2) is 10.0. The quantitative estimate of drug-likeness (QED) is 0.423. The van der Waals surface area contributed by atoms with Gasteiger partial charge in [-0.25, -0.2) is 9.59 Å². The molecule has 2 aromatic carbocycles. The van der Waals surface area contributed by atoms with Crippen molar-refractivity contribution in [3.05, 3.63) is 58.6 Å². The van der Waals surface area contributed by atoms with Gasteiger partial charge in [-0.2, -0.15) is 0 Å². The van der Waals surface area contributed by atoms with Gasteiger partial charge < -0.3 is 19.7 Å². The van der Waals surface area contributed by atoms with Crippen molar-refractivity contribution in [3.8, 4) is 11.5 Å². The van der Waals surface area contributed by atoms with Crippen molar-refractivity contribution in [2.45, 2.75) is 50.7 Å². The lowest BCUT2D eigenvalue weighted by atomic mass is 9.93. The van der Waals surface area contributed by atoms with Crippen LogP contribution in [0.1, 0.15) is 39.5 Å². The van der Waals surface area contributed by atoms with E-state index < -0.39 is 23.1 Å². The third-order valence-corrected chi connectivity index (χ3v) is 5.28. The lowest BCUT2D eigenvalue weighted by molar-refractivity contribution is -0.156. The normalized spacial score (nSPS) is 14.9. The Bertz CT molecular complexity index is 795. The van der Waals surface area contributed by atoms with E-state index in [1.54, 1.807) is 48.5 Å². The number of carbonyl (C=O) groups is 2. The van der Waals surface area contributed by atoms with Crippen LogP contribution in [0.25, 0.3) is 0 Å². The van der Waals surface area contributed by atoms with Gasteiger partial charge in [0.15, 0.2) is 0 Å². The van der Waals surface area contributed by atoms with E-state index in [-0.39, 0.29) is 12.8 Å². The van der Waals surface area contributed by atoms with E-state index >= 15 is 0 Å². The Labute approximate surface area is 185 Å². The first-order valence-electron chi connectivity index (χ1n) is 9.40. The second-order valence-electron chi connectivity index (χ2n) is 7.39. The van der Waals surface area contributed by atoms with Gasteiger partial charge in [0.05, 0.1) is 0 Å². The summed E-state index contributed by atoms with van der Waals surface area (Å²) in [7, 11) is 0. The molecule has 0 amide bonds. The van der Waals surface area contributed by atoms with E-state index in [0.29, 0.717) is 34.4 Å². The highest BCUT2D eigenvalue weighted by atomic mass is 35.5. The monoisotopic (exact) mass is 454 g/mol. The zero-order valence-corrected chi connectivity index (χ0v) is 18.2. The minimum Gasteiger partial charge on any atom is -0.478 e. The van der Waals surface area contributed by atoms with Crippen molar-refractivity contribution < 1.29 is 29.3 Å². The zero-order valence-electron chi connectivity index (χ0n) is 16.7. The van der Waals surface area contributed by atoms with Crippen LogP contribution in [0, 0.1) is 0 Å². The molecule has 0 saturated heterocycles. The maximum atomic E-state index is 11.8. The lowest BCUT2D eigenvalue weighted by Crippen LogP contribution is -2.43. The standard InChI is InChI=1S/C22H24Cl2O6/c1-21(19(25)26,29-17-9-5-15(23)6-10-17)13-3-4-14-22(2,20(27)28)30-18-11-7-16(24)8-12-18/h5-12H,3-4,13-14H2,1-2H3,(H,25,26)(H,27,28). The molecule has 2 aromatic rings. The van der Waals surface area contributed by atoms with Crippen molar-refractivity contribution in [1.29, 1.82) is 0 Å². The Balaban J connectivity index is 1.97. The van der Waals surface area contributed by atoms with E-state index in [4.69, 9.17) is 32.7 Å². The van der Waals surface area contributed by atoms with E-state index in [0.717, 1.165) is 0 Å².